The molecule has 0 amide bonds. The fraction of sp³-hybridized carbons (Fsp3) is 0.333. The first-order valence-electron chi connectivity index (χ1n) is 6.59. The minimum absolute atomic E-state index is 0.312. The van der Waals surface area contributed by atoms with Crippen molar-refractivity contribution in [3.05, 3.63) is 42.3 Å². The van der Waals surface area contributed by atoms with Gasteiger partial charge in [0.15, 0.2) is 0 Å². The van der Waals surface area contributed by atoms with Crippen LogP contribution >= 0.6 is 0 Å². The van der Waals surface area contributed by atoms with Gasteiger partial charge in [-0.25, -0.2) is 14.4 Å². The number of benzene rings is 1. The van der Waals surface area contributed by atoms with Crippen LogP contribution in [0.25, 0.3) is 11.3 Å². The smallest absolute Gasteiger partial charge is 0.223 e. The number of aromatic nitrogens is 2. The highest BCUT2D eigenvalue weighted by atomic mass is 19.1. The van der Waals surface area contributed by atoms with Crippen molar-refractivity contribution in [1.29, 1.82) is 0 Å². The Morgan fingerprint density at radius 3 is 2.89 bits per heavy atom. The molecule has 97 valence electrons. The summed E-state index contributed by atoms with van der Waals surface area (Å²) in [5.74, 6) is 0.258. The summed E-state index contributed by atoms with van der Waals surface area (Å²) in [5.41, 5.74) is 0.952. The maximum absolute atomic E-state index is 13.7. The second-order valence-corrected chi connectivity index (χ2v) is 4.78. The molecule has 1 aliphatic carbocycles. The Balaban J connectivity index is 1.85. The van der Waals surface area contributed by atoms with E-state index >= 15 is 0 Å². The molecule has 2 aromatic rings. The first-order chi connectivity index (χ1) is 9.33. The summed E-state index contributed by atoms with van der Waals surface area (Å²) in [6, 6.07) is 9.75. The molecule has 0 atom stereocenters. The Bertz CT molecular complexity index is 565. The third-order valence-electron chi connectivity index (χ3n) is 3.41. The topological polar surface area (TPSA) is 37.8 Å². The third kappa shape index (κ3) is 2.72. The van der Waals surface area contributed by atoms with Gasteiger partial charge in [0.25, 0.3) is 0 Å². The van der Waals surface area contributed by atoms with Gasteiger partial charge in [-0.1, -0.05) is 25.0 Å². The Morgan fingerprint density at radius 2 is 2.11 bits per heavy atom. The lowest BCUT2D eigenvalue weighted by Gasteiger charge is -2.12. The van der Waals surface area contributed by atoms with E-state index in [2.05, 4.69) is 21.4 Å². The zero-order chi connectivity index (χ0) is 13.1. The summed E-state index contributed by atoms with van der Waals surface area (Å²) >= 11 is 0. The second kappa shape index (κ2) is 5.34. The summed E-state index contributed by atoms with van der Waals surface area (Å²) in [4.78, 5) is 8.57. The number of halogens is 1. The van der Waals surface area contributed by atoms with E-state index in [1.54, 1.807) is 24.4 Å². The average Bonchev–Trinajstić information content (AvgIpc) is 2.92. The van der Waals surface area contributed by atoms with Crippen molar-refractivity contribution >= 4 is 5.95 Å². The predicted octanol–water partition coefficient (Wildman–Crippen LogP) is 3.44. The minimum atomic E-state index is -0.312. The largest absolute Gasteiger partial charge is 0.351 e. The first kappa shape index (κ1) is 12.1. The Hall–Kier alpha value is -1.97. The third-order valence-corrected chi connectivity index (χ3v) is 3.41. The highest BCUT2D eigenvalue weighted by Gasteiger charge is 2.16. The van der Waals surface area contributed by atoms with Crippen LogP contribution in [0.2, 0.25) is 0 Å². The molecular formula is C15H15FN3. The van der Waals surface area contributed by atoms with Crippen molar-refractivity contribution in [3.63, 3.8) is 0 Å². The fourth-order valence-electron chi connectivity index (χ4n) is 2.43. The molecule has 1 fully saturated rings. The van der Waals surface area contributed by atoms with Crippen molar-refractivity contribution in [3.8, 4) is 11.3 Å². The van der Waals surface area contributed by atoms with Crippen LogP contribution in [0.5, 0.6) is 0 Å². The van der Waals surface area contributed by atoms with Crippen molar-refractivity contribution in [2.45, 2.75) is 31.7 Å². The Labute approximate surface area is 111 Å². The minimum Gasteiger partial charge on any atom is -0.351 e. The van der Waals surface area contributed by atoms with E-state index in [4.69, 9.17) is 0 Å². The van der Waals surface area contributed by atoms with Crippen LogP contribution < -0.4 is 5.32 Å². The summed E-state index contributed by atoms with van der Waals surface area (Å²) in [6.07, 6.45) is 6.45. The van der Waals surface area contributed by atoms with E-state index in [-0.39, 0.29) is 5.82 Å². The van der Waals surface area contributed by atoms with Crippen LogP contribution in [0, 0.1) is 11.9 Å². The lowest BCUT2D eigenvalue weighted by Crippen LogP contribution is -2.16. The van der Waals surface area contributed by atoms with Crippen LogP contribution in [0.4, 0.5) is 10.3 Å². The molecule has 19 heavy (non-hydrogen) atoms. The van der Waals surface area contributed by atoms with Gasteiger partial charge in [-0.05, 0) is 31.0 Å². The van der Waals surface area contributed by atoms with Gasteiger partial charge < -0.3 is 5.32 Å². The second-order valence-electron chi connectivity index (χ2n) is 4.78. The van der Waals surface area contributed by atoms with Gasteiger partial charge in [0, 0.05) is 17.8 Å². The fourth-order valence-corrected chi connectivity index (χ4v) is 2.43. The van der Waals surface area contributed by atoms with Crippen LogP contribution in [0.3, 0.4) is 0 Å². The molecule has 0 aliphatic heterocycles. The van der Waals surface area contributed by atoms with Crippen LogP contribution in [0.1, 0.15) is 25.7 Å². The van der Waals surface area contributed by atoms with Crippen molar-refractivity contribution in [1.82, 2.24) is 9.97 Å². The molecule has 0 saturated heterocycles. The number of hydrogen-bond acceptors (Lipinski definition) is 3. The van der Waals surface area contributed by atoms with Gasteiger partial charge in [-0.3, -0.25) is 0 Å². The van der Waals surface area contributed by atoms with Crippen LogP contribution in [-0.4, -0.2) is 16.0 Å². The monoisotopic (exact) mass is 256 g/mol. The van der Waals surface area contributed by atoms with Gasteiger partial charge in [0.1, 0.15) is 5.82 Å². The SMILES string of the molecule is Fc1ccc[c]c1-c1ccnc(NC2CCCC2)n1. The molecule has 1 aromatic heterocycles. The number of nitrogens with zero attached hydrogens (tertiary/aromatic N) is 2. The van der Waals surface area contributed by atoms with Crippen LogP contribution in [0.15, 0.2) is 30.5 Å². The Morgan fingerprint density at radius 1 is 1.26 bits per heavy atom. The van der Waals surface area contributed by atoms with E-state index in [1.165, 1.54) is 18.9 Å². The molecule has 1 aromatic carbocycles. The normalized spacial score (nSPS) is 15.6. The summed E-state index contributed by atoms with van der Waals surface area (Å²) in [7, 11) is 0. The molecule has 1 N–H and O–H groups in total. The zero-order valence-corrected chi connectivity index (χ0v) is 10.6. The average molecular weight is 256 g/mol. The quantitative estimate of drug-likeness (QED) is 0.914. The standard InChI is InChI=1S/C15H15FN3/c16-13-8-4-3-7-12(13)14-9-10-17-15(19-14)18-11-5-1-2-6-11/h3-4,8-11H,1-2,5-6H2,(H,17,18,19). The van der Waals surface area contributed by atoms with Gasteiger partial charge in [0.05, 0.1) is 5.69 Å². The summed E-state index contributed by atoms with van der Waals surface area (Å²) in [5, 5.41) is 3.31. The number of anilines is 1. The lowest BCUT2D eigenvalue weighted by molar-refractivity contribution is 0.630. The highest BCUT2D eigenvalue weighted by molar-refractivity contribution is 5.59. The van der Waals surface area contributed by atoms with E-state index in [0.29, 0.717) is 23.2 Å². The number of rotatable bonds is 3. The molecule has 0 bridgehead atoms. The van der Waals surface area contributed by atoms with Gasteiger partial charge in [-0.2, -0.15) is 0 Å². The van der Waals surface area contributed by atoms with Crippen LogP contribution in [-0.2, 0) is 0 Å². The Kier molecular flexibility index (Phi) is 3.40. The summed E-state index contributed by atoms with van der Waals surface area (Å²) < 4.78 is 13.7. The lowest BCUT2D eigenvalue weighted by atomic mass is 10.1. The molecule has 1 saturated carbocycles. The summed E-state index contributed by atoms with van der Waals surface area (Å²) in [6.45, 7) is 0. The molecule has 3 rings (SSSR count). The van der Waals surface area contributed by atoms with Crippen molar-refractivity contribution in [2.75, 3.05) is 5.32 Å². The molecule has 1 heterocycles. The van der Waals surface area contributed by atoms with E-state index < -0.39 is 0 Å². The molecule has 3 nitrogen and oxygen atoms in total. The molecule has 4 heteroatoms. The molecular weight excluding hydrogens is 241 g/mol. The van der Waals surface area contributed by atoms with E-state index in [0.717, 1.165) is 12.8 Å². The van der Waals surface area contributed by atoms with Gasteiger partial charge in [-0.15, -0.1) is 0 Å². The molecule has 1 aliphatic rings. The molecule has 0 spiro atoms. The molecule has 0 unspecified atom stereocenters. The van der Waals surface area contributed by atoms with Crippen molar-refractivity contribution in [2.24, 2.45) is 0 Å². The maximum atomic E-state index is 13.7. The van der Waals surface area contributed by atoms with Crippen molar-refractivity contribution < 1.29 is 4.39 Å². The highest BCUT2D eigenvalue weighted by Crippen LogP contribution is 2.23. The molecule has 1 radical (unpaired) electrons. The first-order valence-corrected chi connectivity index (χ1v) is 6.59. The van der Waals surface area contributed by atoms with E-state index in [1.807, 2.05) is 0 Å². The van der Waals surface area contributed by atoms with Gasteiger partial charge in [0.2, 0.25) is 5.95 Å². The predicted molar refractivity (Wildman–Crippen MR) is 72.1 cm³/mol. The van der Waals surface area contributed by atoms with E-state index in [9.17, 15) is 4.39 Å². The zero-order valence-electron chi connectivity index (χ0n) is 10.6. The number of hydrogen-bond donors (Lipinski definition) is 1. The maximum Gasteiger partial charge on any atom is 0.223 e. The number of nitrogens with one attached hydrogen (secondary N) is 1. The van der Waals surface area contributed by atoms with Gasteiger partial charge >= 0.3 is 0 Å².